The van der Waals surface area contributed by atoms with Crippen LogP contribution in [0.3, 0.4) is 0 Å². The van der Waals surface area contributed by atoms with Crippen molar-refractivity contribution >= 4 is 11.9 Å². The van der Waals surface area contributed by atoms with E-state index in [4.69, 9.17) is 9.47 Å². The first-order valence-corrected chi connectivity index (χ1v) is 11.4. The Hall–Kier alpha value is -2.69. The molecule has 0 atom stereocenters. The average molecular weight is 429 g/mol. The van der Waals surface area contributed by atoms with Gasteiger partial charge in [0.2, 0.25) is 0 Å². The molecule has 0 fully saturated rings. The molecule has 0 unspecified atom stereocenters. The Morgan fingerprint density at radius 3 is 1.94 bits per heavy atom. The smallest absolute Gasteiger partial charge is 0.344 e. The molecule has 168 valence electrons. The molecule has 0 aliphatic heterocycles. The van der Waals surface area contributed by atoms with E-state index in [1.807, 2.05) is 0 Å². The largest absolute Gasteiger partial charge is 0.462 e. The van der Waals surface area contributed by atoms with Gasteiger partial charge in [0.1, 0.15) is 11.6 Å². The van der Waals surface area contributed by atoms with Crippen LogP contribution in [0, 0.1) is 5.82 Å². The highest BCUT2D eigenvalue weighted by Crippen LogP contribution is 2.17. The lowest BCUT2D eigenvalue weighted by molar-refractivity contribution is 0.0489. The highest BCUT2D eigenvalue weighted by atomic mass is 19.1. The zero-order valence-corrected chi connectivity index (χ0v) is 18.4. The van der Waals surface area contributed by atoms with Crippen molar-refractivity contribution < 1.29 is 23.5 Å². The number of carbonyl (C=O) groups excluding carboxylic acids is 2. The lowest BCUT2D eigenvalue weighted by Crippen LogP contribution is -2.16. The van der Waals surface area contributed by atoms with Crippen molar-refractivity contribution in [2.75, 3.05) is 6.61 Å². The molecular weight excluding hydrogens is 395 g/mol. The molecule has 0 N–H and O–H groups in total. The minimum atomic E-state index is -0.725. The summed E-state index contributed by atoms with van der Waals surface area (Å²) in [5.74, 6) is -1.70. The lowest BCUT2D eigenvalue weighted by atomic mass is 10.1. The second-order valence-electron chi connectivity index (χ2n) is 7.71. The van der Waals surface area contributed by atoms with Crippen LogP contribution in [0.1, 0.15) is 91.8 Å². The first-order valence-electron chi connectivity index (χ1n) is 11.4. The Morgan fingerprint density at radius 2 is 1.32 bits per heavy atom. The van der Waals surface area contributed by atoms with Crippen LogP contribution in [0.25, 0.3) is 0 Å². The fourth-order valence-corrected chi connectivity index (χ4v) is 3.36. The quantitative estimate of drug-likeness (QED) is 0.183. The van der Waals surface area contributed by atoms with E-state index in [-0.39, 0.29) is 16.9 Å². The zero-order valence-electron chi connectivity index (χ0n) is 18.4. The SMILES string of the molecule is CCCCCCCCCCCCOC(=O)c1ccccc1C(=O)Oc1cccc(F)c1. The molecule has 0 bridgehead atoms. The van der Waals surface area contributed by atoms with Crippen molar-refractivity contribution in [3.63, 3.8) is 0 Å². The summed E-state index contributed by atoms with van der Waals surface area (Å²) in [6.07, 6.45) is 12.0. The Morgan fingerprint density at radius 1 is 0.742 bits per heavy atom. The van der Waals surface area contributed by atoms with Crippen molar-refractivity contribution in [1.29, 1.82) is 0 Å². The third-order valence-corrected chi connectivity index (χ3v) is 5.10. The summed E-state index contributed by atoms with van der Waals surface area (Å²) in [7, 11) is 0. The van der Waals surface area contributed by atoms with Gasteiger partial charge in [-0.2, -0.15) is 0 Å². The highest BCUT2D eigenvalue weighted by molar-refractivity contribution is 6.03. The van der Waals surface area contributed by atoms with E-state index in [1.165, 1.54) is 75.3 Å². The predicted molar refractivity (Wildman–Crippen MR) is 120 cm³/mol. The molecule has 0 amide bonds. The molecule has 0 saturated heterocycles. The van der Waals surface area contributed by atoms with E-state index >= 15 is 0 Å². The first-order chi connectivity index (χ1) is 15.1. The van der Waals surface area contributed by atoms with Crippen LogP contribution in [0.4, 0.5) is 4.39 Å². The maximum absolute atomic E-state index is 13.3. The standard InChI is InChI=1S/C26H33FO4/c1-2-3-4-5-6-7-8-9-10-13-19-30-25(28)23-17-11-12-18-24(23)26(29)31-22-16-14-15-21(27)20-22/h11-12,14-18,20H,2-10,13,19H2,1H3. The van der Waals surface area contributed by atoms with E-state index in [9.17, 15) is 14.0 Å². The monoisotopic (exact) mass is 428 g/mol. The molecule has 0 spiro atoms. The number of unbranched alkanes of at least 4 members (excludes halogenated alkanes) is 9. The second kappa shape index (κ2) is 14.3. The molecule has 2 aromatic carbocycles. The van der Waals surface area contributed by atoms with Gasteiger partial charge in [0, 0.05) is 6.07 Å². The van der Waals surface area contributed by atoms with E-state index in [0.29, 0.717) is 6.61 Å². The lowest BCUT2D eigenvalue weighted by Gasteiger charge is -2.10. The van der Waals surface area contributed by atoms with Gasteiger partial charge < -0.3 is 9.47 Å². The number of carbonyl (C=O) groups is 2. The summed E-state index contributed by atoms with van der Waals surface area (Å²) in [4.78, 5) is 24.9. The van der Waals surface area contributed by atoms with Crippen LogP contribution in [0.15, 0.2) is 48.5 Å². The van der Waals surface area contributed by atoms with Crippen molar-refractivity contribution in [2.24, 2.45) is 0 Å². The summed E-state index contributed by atoms with van der Waals surface area (Å²) in [5, 5.41) is 0. The van der Waals surface area contributed by atoms with Crippen LogP contribution < -0.4 is 4.74 Å². The molecule has 0 heterocycles. The number of hydrogen-bond donors (Lipinski definition) is 0. The first kappa shape index (κ1) is 24.6. The van der Waals surface area contributed by atoms with Crippen LogP contribution in [-0.4, -0.2) is 18.5 Å². The molecule has 31 heavy (non-hydrogen) atoms. The highest BCUT2D eigenvalue weighted by Gasteiger charge is 2.19. The molecule has 4 nitrogen and oxygen atoms in total. The number of esters is 2. The summed E-state index contributed by atoms with van der Waals surface area (Å²) in [5.41, 5.74) is 0.246. The molecule has 0 radical (unpaired) electrons. The van der Waals surface area contributed by atoms with Gasteiger partial charge in [0.25, 0.3) is 0 Å². The Labute approximate surface area is 184 Å². The van der Waals surface area contributed by atoms with Gasteiger partial charge in [0.05, 0.1) is 17.7 Å². The second-order valence-corrected chi connectivity index (χ2v) is 7.71. The van der Waals surface area contributed by atoms with Crippen LogP contribution in [-0.2, 0) is 4.74 Å². The van der Waals surface area contributed by atoms with E-state index in [2.05, 4.69) is 6.92 Å². The molecule has 0 saturated carbocycles. The third kappa shape index (κ3) is 9.33. The molecule has 5 heteroatoms. The van der Waals surface area contributed by atoms with E-state index in [1.54, 1.807) is 12.1 Å². The van der Waals surface area contributed by atoms with Gasteiger partial charge in [-0.1, -0.05) is 82.9 Å². The molecule has 2 rings (SSSR count). The van der Waals surface area contributed by atoms with Gasteiger partial charge >= 0.3 is 11.9 Å². The van der Waals surface area contributed by atoms with Crippen LogP contribution in [0.5, 0.6) is 5.75 Å². The summed E-state index contributed by atoms with van der Waals surface area (Å²) in [6.45, 7) is 2.55. The Bertz CT molecular complexity index is 819. The Balaban J connectivity index is 1.72. The summed E-state index contributed by atoms with van der Waals surface area (Å²) in [6, 6.07) is 11.6. The third-order valence-electron chi connectivity index (χ3n) is 5.10. The number of ether oxygens (including phenoxy) is 2. The fraction of sp³-hybridized carbons (Fsp3) is 0.462. The topological polar surface area (TPSA) is 52.6 Å². The summed E-state index contributed by atoms with van der Waals surface area (Å²) < 4.78 is 23.8. The van der Waals surface area contributed by atoms with Crippen molar-refractivity contribution in [3.05, 3.63) is 65.5 Å². The van der Waals surface area contributed by atoms with Crippen molar-refractivity contribution in [2.45, 2.75) is 71.1 Å². The molecular formula is C26H33FO4. The predicted octanol–water partition coefficient (Wildman–Crippen LogP) is 7.12. The van der Waals surface area contributed by atoms with E-state index in [0.717, 1.165) is 25.3 Å². The number of rotatable bonds is 14. The molecule has 0 aliphatic carbocycles. The average Bonchev–Trinajstić information content (AvgIpc) is 2.77. The Kier molecular flexibility index (Phi) is 11.4. The van der Waals surface area contributed by atoms with Crippen LogP contribution in [0.2, 0.25) is 0 Å². The van der Waals surface area contributed by atoms with Gasteiger partial charge in [0.15, 0.2) is 0 Å². The van der Waals surface area contributed by atoms with Gasteiger partial charge in [-0.05, 0) is 30.7 Å². The van der Waals surface area contributed by atoms with Gasteiger partial charge in [-0.25, -0.2) is 14.0 Å². The van der Waals surface area contributed by atoms with Crippen LogP contribution >= 0.6 is 0 Å². The van der Waals surface area contributed by atoms with Gasteiger partial charge in [-0.3, -0.25) is 0 Å². The van der Waals surface area contributed by atoms with Crippen molar-refractivity contribution in [1.82, 2.24) is 0 Å². The maximum Gasteiger partial charge on any atom is 0.344 e. The minimum absolute atomic E-state index is 0.0820. The van der Waals surface area contributed by atoms with E-state index < -0.39 is 17.8 Å². The summed E-state index contributed by atoms with van der Waals surface area (Å²) >= 11 is 0. The number of hydrogen-bond acceptors (Lipinski definition) is 4. The van der Waals surface area contributed by atoms with Crippen molar-refractivity contribution in [3.8, 4) is 5.75 Å². The number of halogens is 1. The zero-order chi connectivity index (χ0) is 22.3. The molecule has 0 aliphatic rings. The molecule has 0 aromatic heterocycles. The van der Waals surface area contributed by atoms with Gasteiger partial charge in [-0.15, -0.1) is 0 Å². The molecule has 2 aromatic rings. The number of benzene rings is 2. The fourth-order valence-electron chi connectivity index (χ4n) is 3.36. The minimum Gasteiger partial charge on any atom is -0.462 e. The maximum atomic E-state index is 13.3. The normalized spacial score (nSPS) is 10.6.